The van der Waals surface area contributed by atoms with Crippen LogP contribution in [0.2, 0.25) is 0 Å². The number of nitrogens with zero attached hydrogens (tertiary/aromatic N) is 1. The van der Waals surface area contributed by atoms with Crippen LogP contribution in [0, 0.1) is 0 Å². The highest BCUT2D eigenvalue weighted by Crippen LogP contribution is 2.12. The summed E-state index contributed by atoms with van der Waals surface area (Å²) in [4.78, 5) is 14.7. The molecule has 1 heterocycles. The summed E-state index contributed by atoms with van der Waals surface area (Å²) in [6.45, 7) is 0. The lowest BCUT2D eigenvalue weighted by Crippen LogP contribution is -2.22. The minimum Gasteiger partial charge on any atom is -0.550 e. The average molecular weight is 200 g/mol. The number of para-hydroxylation sites is 1. The van der Waals surface area contributed by atoms with Crippen molar-refractivity contribution in [2.45, 2.75) is 12.8 Å². The van der Waals surface area contributed by atoms with Gasteiger partial charge in [-0.25, -0.2) is 0 Å². The monoisotopic (exact) mass is 200 g/mol. The van der Waals surface area contributed by atoms with Crippen molar-refractivity contribution in [3.63, 3.8) is 0 Å². The summed E-state index contributed by atoms with van der Waals surface area (Å²) in [5.41, 5.74) is 1.69. The van der Waals surface area contributed by atoms with E-state index in [9.17, 15) is 9.90 Å². The first-order chi connectivity index (χ1) is 7.25. The highest BCUT2D eigenvalue weighted by atomic mass is 16.4. The Kier molecular flexibility index (Phi) is 2.63. The Morgan fingerprint density at radius 3 is 2.80 bits per heavy atom. The predicted octanol–water partition coefficient (Wildman–Crippen LogP) is 0.917. The van der Waals surface area contributed by atoms with Gasteiger partial charge in [-0.05, 0) is 25.0 Å². The third-order valence-corrected chi connectivity index (χ3v) is 2.24. The summed E-state index contributed by atoms with van der Waals surface area (Å²) in [5, 5.41) is 11.4. The number of aromatic nitrogens is 1. The van der Waals surface area contributed by atoms with Gasteiger partial charge < -0.3 is 9.90 Å². The van der Waals surface area contributed by atoms with Crippen LogP contribution in [-0.4, -0.2) is 11.0 Å². The van der Waals surface area contributed by atoms with Crippen LogP contribution in [0.1, 0.15) is 12.1 Å². The van der Waals surface area contributed by atoms with Crippen LogP contribution < -0.4 is 5.11 Å². The third-order valence-electron chi connectivity index (χ3n) is 2.24. The molecule has 15 heavy (non-hydrogen) atoms. The molecule has 0 fully saturated rings. The van der Waals surface area contributed by atoms with E-state index in [4.69, 9.17) is 0 Å². The van der Waals surface area contributed by atoms with E-state index in [0.717, 1.165) is 16.6 Å². The highest BCUT2D eigenvalue weighted by Gasteiger charge is 1.97. The first kappa shape index (κ1) is 9.65. The van der Waals surface area contributed by atoms with Crippen LogP contribution in [0.5, 0.6) is 0 Å². The molecule has 0 amide bonds. The first-order valence-corrected chi connectivity index (χ1v) is 4.80. The minimum atomic E-state index is -1.04. The third kappa shape index (κ3) is 2.31. The van der Waals surface area contributed by atoms with Gasteiger partial charge in [0, 0.05) is 17.0 Å². The number of hydrogen-bond acceptors (Lipinski definition) is 3. The lowest BCUT2D eigenvalue weighted by molar-refractivity contribution is -0.305. The Morgan fingerprint density at radius 2 is 2.00 bits per heavy atom. The molecule has 0 saturated heterocycles. The molecule has 1 aromatic carbocycles. The van der Waals surface area contributed by atoms with Gasteiger partial charge >= 0.3 is 0 Å². The Labute approximate surface area is 87.4 Å². The number of fused-ring (bicyclic) bond motifs is 1. The van der Waals surface area contributed by atoms with Crippen LogP contribution in [0.25, 0.3) is 10.9 Å². The normalized spacial score (nSPS) is 10.4. The minimum absolute atomic E-state index is 0.0192. The van der Waals surface area contributed by atoms with Crippen molar-refractivity contribution in [1.82, 2.24) is 4.98 Å². The molecule has 2 rings (SSSR count). The molecule has 2 aromatic rings. The topological polar surface area (TPSA) is 53.0 Å². The Hall–Kier alpha value is -1.90. The first-order valence-electron chi connectivity index (χ1n) is 4.80. The number of pyridine rings is 1. The van der Waals surface area contributed by atoms with E-state index in [1.54, 1.807) is 0 Å². The fourth-order valence-corrected chi connectivity index (χ4v) is 1.48. The summed E-state index contributed by atoms with van der Waals surface area (Å²) in [7, 11) is 0. The van der Waals surface area contributed by atoms with E-state index in [1.807, 2.05) is 36.4 Å². The van der Waals surface area contributed by atoms with Gasteiger partial charge in [0.25, 0.3) is 0 Å². The molecule has 0 aliphatic rings. The molecular formula is C12H10NO2-. The van der Waals surface area contributed by atoms with E-state index in [0.29, 0.717) is 6.42 Å². The van der Waals surface area contributed by atoms with Crippen molar-refractivity contribution in [2.75, 3.05) is 0 Å². The lowest BCUT2D eigenvalue weighted by Gasteiger charge is -2.03. The molecular weight excluding hydrogens is 190 g/mol. The van der Waals surface area contributed by atoms with Gasteiger partial charge in [0.1, 0.15) is 0 Å². The number of aryl methyl sites for hydroxylation is 1. The SMILES string of the molecule is O=C([O-])CCc1ccc2ccccc2n1. The van der Waals surface area contributed by atoms with E-state index >= 15 is 0 Å². The standard InChI is InChI=1S/C12H11NO2/c14-12(15)8-7-10-6-5-9-3-1-2-4-11(9)13-10/h1-6H,7-8H2,(H,14,15)/p-1. The second-order valence-corrected chi connectivity index (χ2v) is 3.37. The van der Waals surface area contributed by atoms with Crippen molar-refractivity contribution >= 4 is 16.9 Å². The Morgan fingerprint density at radius 1 is 1.20 bits per heavy atom. The van der Waals surface area contributed by atoms with Crippen LogP contribution >= 0.6 is 0 Å². The molecule has 0 saturated carbocycles. The summed E-state index contributed by atoms with van der Waals surface area (Å²) in [6.07, 6.45) is 0.443. The molecule has 0 N–H and O–H groups in total. The van der Waals surface area contributed by atoms with Crippen LogP contribution in [0.4, 0.5) is 0 Å². The average Bonchev–Trinajstić information content (AvgIpc) is 2.26. The molecule has 1 aromatic heterocycles. The van der Waals surface area contributed by atoms with Gasteiger partial charge in [-0.15, -0.1) is 0 Å². The van der Waals surface area contributed by atoms with Gasteiger partial charge in [-0.2, -0.15) is 0 Å². The zero-order valence-electron chi connectivity index (χ0n) is 8.14. The van der Waals surface area contributed by atoms with Gasteiger partial charge in [-0.3, -0.25) is 4.98 Å². The van der Waals surface area contributed by atoms with Crippen LogP contribution in [-0.2, 0) is 11.2 Å². The molecule has 0 aliphatic carbocycles. The van der Waals surface area contributed by atoms with Crippen LogP contribution in [0.15, 0.2) is 36.4 Å². The fraction of sp³-hybridized carbons (Fsp3) is 0.167. The summed E-state index contributed by atoms with van der Waals surface area (Å²) in [5.74, 6) is -1.04. The Balaban J connectivity index is 2.26. The number of carboxylic acid groups (broad SMARTS) is 1. The number of carbonyl (C=O) groups excluding carboxylic acids is 1. The molecule has 0 atom stereocenters. The predicted molar refractivity (Wildman–Crippen MR) is 55.1 cm³/mol. The summed E-state index contributed by atoms with van der Waals surface area (Å²) < 4.78 is 0. The molecule has 0 radical (unpaired) electrons. The quantitative estimate of drug-likeness (QED) is 0.740. The van der Waals surface area contributed by atoms with Gasteiger partial charge in [0.05, 0.1) is 5.52 Å². The second-order valence-electron chi connectivity index (χ2n) is 3.37. The van der Waals surface area contributed by atoms with Crippen molar-refractivity contribution in [3.8, 4) is 0 Å². The molecule has 0 spiro atoms. The zero-order valence-corrected chi connectivity index (χ0v) is 8.14. The maximum Gasteiger partial charge on any atom is 0.0705 e. The largest absolute Gasteiger partial charge is 0.550 e. The maximum atomic E-state index is 10.3. The second kappa shape index (κ2) is 4.09. The maximum absolute atomic E-state index is 10.3. The number of carbonyl (C=O) groups is 1. The molecule has 0 aliphatic heterocycles. The van der Waals surface area contributed by atoms with E-state index in [1.165, 1.54) is 0 Å². The molecule has 3 heteroatoms. The van der Waals surface area contributed by atoms with Crippen molar-refractivity contribution in [1.29, 1.82) is 0 Å². The molecule has 0 bridgehead atoms. The van der Waals surface area contributed by atoms with E-state index < -0.39 is 5.97 Å². The number of aliphatic carboxylic acids is 1. The van der Waals surface area contributed by atoms with E-state index in [-0.39, 0.29) is 6.42 Å². The smallest absolute Gasteiger partial charge is 0.0705 e. The van der Waals surface area contributed by atoms with Crippen molar-refractivity contribution in [3.05, 3.63) is 42.1 Å². The van der Waals surface area contributed by atoms with Gasteiger partial charge in [0.15, 0.2) is 0 Å². The van der Waals surface area contributed by atoms with Crippen molar-refractivity contribution in [2.24, 2.45) is 0 Å². The molecule has 0 unspecified atom stereocenters. The van der Waals surface area contributed by atoms with Crippen LogP contribution in [0.3, 0.4) is 0 Å². The van der Waals surface area contributed by atoms with Gasteiger partial charge in [0.2, 0.25) is 0 Å². The molecule has 3 nitrogen and oxygen atoms in total. The van der Waals surface area contributed by atoms with Crippen molar-refractivity contribution < 1.29 is 9.90 Å². The Bertz CT molecular complexity index is 494. The zero-order chi connectivity index (χ0) is 10.7. The molecule has 76 valence electrons. The lowest BCUT2D eigenvalue weighted by atomic mass is 10.1. The number of rotatable bonds is 3. The number of benzene rings is 1. The van der Waals surface area contributed by atoms with E-state index in [2.05, 4.69) is 4.98 Å². The number of hydrogen-bond donors (Lipinski definition) is 0. The number of carboxylic acids is 1. The summed E-state index contributed by atoms with van der Waals surface area (Å²) >= 11 is 0. The van der Waals surface area contributed by atoms with Gasteiger partial charge in [-0.1, -0.05) is 24.3 Å². The summed E-state index contributed by atoms with van der Waals surface area (Å²) in [6, 6.07) is 11.6. The fourth-order valence-electron chi connectivity index (χ4n) is 1.48. The highest BCUT2D eigenvalue weighted by molar-refractivity contribution is 5.78.